The predicted molar refractivity (Wildman–Crippen MR) is 65.7 cm³/mol. The monoisotopic (exact) mass is 239 g/mol. The van der Waals surface area contributed by atoms with Crippen molar-refractivity contribution in [3.8, 4) is 22.8 Å². The van der Waals surface area contributed by atoms with E-state index >= 15 is 0 Å². The molecule has 0 aliphatic heterocycles. The van der Waals surface area contributed by atoms with Crippen molar-refractivity contribution in [3.05, 3.63) is 53.2 Å². The summed E-state index contributed by atoms with van der Waals surface area (Å²) < 4.78 is 0. The van der Waals surface area contributed by atoms with Crippen LogP contribution in [0.1, 0.15) is 0 Å². The number of H-pyrrole nitrogens is 2. The Balaban J connectivity index is 2.02. The topological polar surface area (TPSA) is 87.3 Å². The van der Waals surface area contributed by atoms with Crippen LogP contribution in [0.25, 0.3) is 22.8 Å². The van der Waals surface area contributed by atoms with E-state index in [1.807, 2.05) is 12.1 Å². The molecule has 0 aliphatic carbocycles. The van der Waals surface area contributed by atoms with E-state index in [4.69, 9.17) is 0 Å². The Hall–Kier alpha value is -2.76. The molecule has 0 fully saturated rings. The lowest BCUT2D eigenvalue weighted by Gasteiger charge is -1.93. The fourth-order valence-electron chi connectivity index (χ4n) is 1.61. The highest BCUT2D eigenvalue weighted by Crippen LogP contribution is 2.17. The molecule has 0 radical (unpaired) electrons. The average Bonchev–Trinajstić information content (AvgIpc) is 2.89. The molecule has 0 bridgehead atoms. The maximum Gasteiger partial charge on any atom is 0.248 e. The van der Waals surface area contributed by atoms with Gasteiger partial charge >= 0.3 is 0 Å². The third kappa shape index (κ3) is 1.91. The van der Waals surface area contributed by atoms with Crippen molar-refractivity contribution in [2.45, 2.75) is 0 Å². The number of hydrogen-bond acceptors (Lipinski definition) is 4. The number of aromatic nitrogens is 5. The highest BCUT2D eigenvalue weighted by Gasteiger charge is 2.07. The highest BCUT2D eigenvalue weighted by atomic mass is 16.1. The first-order chi connectivity index (χ1) is 8.83. The molecule has 3 heterocycles. The summed E-state index contributed by atoms with van der Waals surface area (Å²) in [5.74, 6) is 1.14. The molecule has 88 valence electrons. The molecule has 0 saturated carbocycles. The summed E-state index contributed by atoms with van der Waals surface area (Å²) in [6.45, 7) is 0. The number of nitrogens with zero attached hydrogens (tertiary/aromatic N) is 3. The van der Waals surface area contributed by atoms with Gasteiger partial charge in [0, 0.05) is 35.8 Å². The smallest absolute Gasteiger partial charge is 0.248 e. The maximum absolute atomic E-state index is 11.2. The largest absolute Gasteiger partial charge is 0.329 e. The molecule has 6 nitrogen and oxygen atoms in total. The molecule has 0 spiro atoms. The third-order valence-corrected chi connectivity index (χ3v) is 2.47. The molecule has 0 saturated heterocycles. The lowest BCUT2D eigenvalue weighted by Crippen LogP contribution is -2.02. The number of nitrogens with one attached hydrogen (secondary N) is 2. The summed E-state index contributed by atoms with van der Waals surface area (Å²) in [5.41, 5.74) is 1.40. The molecule has 0 atom stereocenters. The molecule has 3 rings (SSSR count). The lowest BCUT2D eigenvalue weighted by molar-refractivity contribution is 1.10. The first kappa shape index (κ1) is 10.4. The lowest BCUT2D eigenvalue weighted by atomic mass is 10.2. The normalized spacial score (nSPS) is 10.4. The van der Waals surface area contributed by atoms with Gasteiger partial charge in [-0.15, -0.1) is 0 Å². The van der Waals surface area contributed by atoms with Gasteiger partial charge in [-0.3, -0.25) is 14.9 Å². The molecule has 3 aromatic rings. The Bertz CT molecular complexity index is 716. The Labute approximate surface area is 102 Å². The second-order valence-electron chi connectivity index (χ2n) is 3.69. The van der Waals surface area contributed by atoms with E-state index in [-0.39, 0.29) is 5.56 Å². The predicted octanol–water partition coefficient (Wildman–Crippen LogP) is 1.22. The van der Waals surface area contributed by atoms with Crippen LogP contribution in [0.3, 0.4) is 0 Å². The number of pyridine rings is 2. The minimum atomic E-state index is -0.178. The number of rotatable bonds is 2. The van der Waals surface area contributed by atoms with Crippen molar-refractivity contribution in [1.29, 1.82) is 0 Å². The van der Waals surface area contributed by atoms with Crippen molar-refractivity contribution in [2.24, 2.45) is 0 Å². The van der Waals surface area contributed by atoms with E-state index in [1.165, 1.54) is 6.07 Å². The van der Waals surface area contributed by atoms with Crippen LogP contribution in [0.5, 0.6) is 0 Å². The molecule has 6 heteroatoms. The van der Waals surface area contributed by atoms with Crippen LogP contribution in [0, 0.1) is 0 Å². The van der Waals surface area contributed by atoms with E-state index in [2.05, 4.69) is 25.1 Å². The van der Waals surface area contributed by atoms with Crippen molar-refractivity contribution in [3.63, 3.8) is 0 Å². The fourth-order valence-corrected chi connectivity index (χ4v) is 1.61. The summed E-state index contributed by atoms with van der Waals surface area (Å²) in [5, 5.41) is 6.93. The highest BCUT2D eigenvalue weighted by molar-refractivity contribution is 5.60. The van der Waals surface area contributed by atoms with E-state index in [9.17, 15) is 4.79 Å². The minimum absolute atomic E-state index is 0.178. The fraction of sp³-hybridized carbons (Fsp3) is 0. The summed E-state index contributed by atoms with van der Waals surface area (Å²) >= 11 is 0. The van der Waals surface area contributed by atoms with Gasteiger partial charge in [-0.2, -0.15) is 5.10 Å². The standard InChI is InChI=1S/C12H9N5O/c18-10-7-9(3-6-14-10)12-15-11(16-17-12)8-1-4-13-5-2-8/h1-7H,(H,14,18)(H,15,16,17). The molecule has 0 aromatic carbocycles. The quantitative estimate of drug-likeness (QED) is 0.703. The number of hydrogen-bond donors (Lipinski definition) is 2. The Morgan fingerprint density at radius 3 is 2.67 bits per heavy atom. The van der Waals surface area contributed by atoms with Crippen molar-refractivity contribution < 1.29 is 0 Å². The van der Waals surface area contributed by atoms with Gasteiger partial charge in [0.1, 0.15) is 0 Å². The van der Waals surface area contributed by atoms with Crippen LogP contribution < -0.4 is 5.56 Å². The van der Waals surface area contributed by atoms with Crippen LogP contribution in [-0.2, 0) is 0 Å². The first-order valence-electron chi connectivity index (χ1n) is 5.35. The van der Waals surface area contributed by atoms with E-state index in [1.54, 1.807) is 24.7 Å². The zero-order valence-electron chi connectivity index (χ0n) is 9.29. The van der Waals surface area contributed by atoms with Crippen molar-refractivity contribution in [2.75, 3.05) is 0 Å². The van der Waals surface area contributed by atoms with Crippen LogP contribution in [0.15, 0.2) is 47.7 Å². The Kier molecular flexibility index (Phi) is 2.45. The summed E-state index contributed by atoms with van der Waals surface area (Å²) in [7, 11) is 0. The van der Waals surface area contributed by atoms with Crippen molar-refractivity contribution in [1.82, 2.24) is 25.1 Å². The zero-order valence-corrected chi connectivity index (χ0v) is 9.29. The van der Waals surface area contributed by atoms with Crippen molar-refractivity contribution >= 4 is 0 Å². The SMILES string of the molecule is O=c1cc(-c2n[nH]c(-c3ccncc3)n2)cc[nH]1. The molecule has 3 aromatic heterocycles. The van der Waals surface area contributed by atoms with E-state index < -0.39 is 0 Å². The third-order valence-electron chi connectivity index (χ3n) is 2.47. The second kappa shape index (κ2) is 4.25. The van der Waals surface area contributed by atoms with Gasteiger partial charge in [0.2, 0.25) is 5.56 Å². The Morgan fingerprint density at radius 2 is 1.89 bits per heavy atom. The van der Waals surface area contributed by atoms with Gasteiger partial charge in [0.25, 0.3) is 0 Å². The minimum Gasteiger partial charge on any atom is -0.329 e. The molecule has 2 N–H and O–H groups in total. The summed E-state index contributed by atoms with van der Waals surface area (Å²) in [6.07, 6.45) is 4.94. The van der Waals surface area contributed by atoms with Gasteiger partial charge < -0.3 is 4.98 Å². The molecule has 0 unspecified atom stereocenters. The maximum atomic E-state index is 11.2. The van der Waals surface area contributed by atoms with Gasteiger partial charge in [-0.25, -0.2) is 4.98 Å². The van der Waals surface area contributed by atoms with E-state index in [0.717, 1.165) is 5.56 Å². The molecule has 0 amide bonds. The Morgan fingerprint density at radius 1 is 1.06 bits per heavy atom. The average molecular weight is 239 g/mol. The van der Waals surface area contributed by atoms with Crippen LogP contribution >= 0.6 is 0 Å². The van der Waals surface area contributed by atoms with E-state index in [0.29, 0.717) is 17.2 Å². The number of aromatic amines is 2. The molecule has 0 aliphatic rings. The second-order valence-corrected chi connectivity index (χ2v) is 3.69. The first-order valence-corrected chi connectivity index (χ1v) is 5.35. The summed E-state index contributed by atoms with van der Waals surface area (Å²) in [4.78, 5) is 22.0. The molecule has 18 heavy (non-hydrogen) atoms. The van der Waals surface area contributed by atoms with Gasteiger partial charge in [-0.05, 0) is 18.2 Å². The van der Waals surface area contributed by atoms with Crippen LogP contribution in [0.4, 0.5) is 0 Å². The van der Waals surface area contributed by atoms with Gasteiger partial charge in [-0.1, -0.05) is 0 Å². The molecular formula is C12H9N5O. The summed E-state index contributed by atoms with van der Waals surface area (Å²) in [6, 6.07) is 6.88. The zero-order chi connectivity index (χ0) is 12.4. The molecular weight excluding hydrogens is 230 g/mol. The van der Waals surface area contributed by atoms with Gasteiger partial charge in [0.05, 0.1) is 0 Å². The van der Waals surface area contributed by atoms with Crippen LogP contribution in [0.2, 0.25) is 0 Å². The van der Waals surface area contributed by atoms with Gasteiger partial charge in [0.15, 0.2) is 11.6 Å². The van der Waals surface area contributed by atoms with Crippen LogP contribution in [-0.4, -0.2) is 25.1 Å².